The Balaban J connectivity index is 0.000000381. The molecule has 11 atom stereocenters. The molecule has 2 heterocycles. The monoisotopic (exact) mass is 525 g/mol. The number of carboxylic acid groups (broad SMARTS) is 1. The highest BCUT2D eigenvalue weighted by Crippen LogP contribution is 2.33. The maximum absolute atomic E-state index is 11.2. The zero-order valence-electron chi connectivity index (χ0n) is 20.5. The van der Waals surface area contributed by atoms with Crippen LogP contribution < -0.4 is 15.7 Å². The number of carbonyl (C=O) groups is 3. The molecule has 0 bridgehead atoms. The molecule has 2 aliphatic heterocycles. The van der Waals surface area contributed by atoms with E-state index in [1.807, 2.05) is 0 Å². The van der Waals surface area contributed by atoms with Gasteiger partial charge >= 0.3 is 0 Å². The number of rotatable bonds is 7. The van der Waals surface area contributed by atoms with Crippen LogP contribution in [-0.2, 0) is 23.9 Å². The number of hydrogen-bond donors (Lipinski definition) is 9. The van der Waals surface area contributed by atoms with Gasteiger partial charge in [-0.2, -0.15) is 0 Å². The molecule has 0 radical (unpaired) electrons. The quantitative estimate of drug-likeness (QED) is 0.150. The lowest BCUT2D eigenvalue weighted by atomic mass is 9.83. The van der Waals surface area contributed by atoms with E-state index in [4.69, 9.17) is 19.7 Å². The average Bonchev–Trinajstić information content (AvgIpc) is 2.79. The first-order valence-electron chi connectivity index (χ1n) is 11.3. The van der Waals surface area contributed by atoms with Gasteiger partial charge in [-0.1, -0.05) is 13.8 Å². The molecule has 9 N–H and O–H groups in total. The van der Waals surface area contributed by atoms with Gasteiger partial charge in [0, 0.05) is 32.1 Å². The summed E-state index contributed by atoms with van der Waals surface area (Å²) in [4.78, 5) is 33.0. The lowest BCUT2D eigenvalue weighted by Gasteiger charge is -2.47. The molecule has 0 aliphatic carbocycles. The Bertz CT molecular complexity index is 755. The van der Waals surface area contributed by atoms with Gasteiger partial charge in [0.05, 0.1) is 49.8 Å². The van der Waals surface area contributed by atoms with Crippen LogP contribution in [-0.4, -0.2) is 121 Å². The Morgan fingerprint density at radius 1 is 1.08 bits per heavy atom. The van der Waals surface area contributed by atoms with Gasteiger partial charge in [-0.3, -0.25) is 9.59 Å². The average molecular weight is 526 g/mol. The lowest BCUT2D eigenvalue weighted by molar-refractivity contribution is -0.373. The summed E-state index contributed by atoms with van der Waals surface area (Å²) in [5.74, 6) is -6.63. The number of nitrogens with one attached hydrogen (secondary N) is 2. The Labute approximate surface area is 207 Å². The summed E-state index contributed by atoms with van der Waals surface area (Å²) < 4.78 is 10.1. The van der Waals surface area contributed by atoms with Crippen molar-refractivity contribution in [1.29, 1.82) is 0 Å². The molecule has 2 saturated heterocycles. The first-order chi connectivity index (χ1) is 16.6. The van der Waals surface area contributed by atoms with Gasteiger partial charge < -0.3 is 65.8 Å². The Hall–Kier alpha value is -1.95. The summed E-state index contributed by atoms with van der Waals surface area (Å²) in [7, 11) is 0. The zero-order chi connectivity index (χ0) is 28.0. The number of ether oxygens (including phenoxy) is 2. The van der Waals surface area contributed by atoms with Crippen LogP contribution in [0.2, 0.25) is 0 Å². The molecule has 2 rings (SSSR count). The maximum atomic E-state index is 11.2. The van der Waals surface area contributed by atoms with Crippen molar-refractivity contribution in [3.8, 4) is 0 Å². The number of carboxylic acids is 1. The largest absolute Gasteiger partial charge is 0.544 e. The molecule has 5 unspecified atom stereocenters. The molecular weight excluding hydrogens is 488 g/mol. The predicted molar refractivity (Wildman–Crippen MR) is 116 cm³/mol. The summed E-state index contributed by atoms with van der Waals surface area (Å²) in [6.45, 7) is 4.64. The molecular formula is C21H37N2O13-. The fourth-order valence-corrected chi connectivity index (χ4v) is 4.05. The number of aliphatic hydroxyl groups excluding tert-OH is 6. The number of amides is 2. The molecule has 36 heavy (non-hydrogen) atoms. The van der Waals surface area contributed by atoms with Gasteiger partial charge in [0.15, 0.2) is 6.29 Å². The van der Waals surface area contributed by atoms with Crippen LogP contribution in [0.25, 0.3) is 0 Å². The minimum atomic E-state index is -2.73. The summed E-state index contributed by atoms with van der Waals surface area (Å²) in [6, 6.07) is -2.05. The Kier molecular flexibility index (Phi) is 12.1. The van der Waals surface area contributed by atoms with Gasteiger partial charge in [0.25, 0.3) is 0 Å². The van der Waals surface area contributed by atoms with E-state index in [1.165, 1.54) is 13.8 Å². The first kappa shape index (κ1) is 32.1. The third-order valence-corrected chi connectivity index (χ3v) is 6.25. The van der Waals surface area contributed by atoms with Crippen LogP contribution in [0.3, 0.4) is 0 Å². The molecule has 0 aromatic carbocycles. The topological polar surface area (TPSA) is 258 Å². The van der Waals surface area contributed by atoms with Crippen molar-refractivity contribution in [3.05, 3.63) is 0 Å². The number of hydrogen-bond acceptors (Lipinski definition) is 13. The highest BCUT2D eigenvalue weighted by atomic mass is 16.7. The Morgan fingerprint density at radius 3 is 2.11 bits per heavy atom. The van der Waals surface area contributed by atoms with Crippen molar-refractivity contribution in [2.24, 2.45) is 11.8 Å². The summed E-state index contributed by atoms with van der Waals surface area (Å²) in [5, 5.41) is 82.4. The van der Waals surface area contributed by atoms with E-state index in [0.717, 1.165) is 6.92 Å². The third kappa shape index (κ3) is 8.03. The highest BCUT2D eigenvalue weighted by molar-refractivity contribution is 5.74. The SMILES string of the molecule is CC(=O)NC1C(O)OC(CO)[C@@H](C)[C@@H]1O.CC(=O)N[C@@H](C1O[C@](O)(C(=O)[O-])CC(O)[C@H]1C)[C@H](O)CO. The van der Waals surface area contributed by atoms with Gasteiger partial charge in [0.1, 0.15) is 12.0 Å². The lowest BCUT2D eigenvalue weighted by Crippen LogP contribution is -2.65. The van der Waals surface area contributed by atoms with Crippen molar-refractivity contribution in [3.63, 3.8) is 0 Å². The van der Waals surface area contributed by atoms with Crippen LogP contribution in [0.15, 0.2) is 0 Å². The molecule has 0 saturated carbocycles. The van der Waals surface area contributed by atoms with Crippen LogP contribution in [0.4, 0.5) is 0 Å². The Morgan fingerprint density at radius 2 is 1.67 bits per heavy atom. The predicted octanol–water partition coefficient (Wildman–Crippen LogP) is -5.73. The molecule has 2 aliphatic rings. The normalized spacial score (nSPS) is 38.1. The highest BCUT2D eigenvalue weighted by Gasteiger charge is 2.49. The van der Waals surface area contributed by atoms with E-state index in [1.54, 1.807) is 6.92 Å². The second-order valence-electron chi connectivity index (χ2n) is 9.08. The van der Waals surface area contributed by atoms with E-state index in [0.29, 0.717) is 0 Å². The first-order valence-corrected chi connectivity index (χ1v) is 11.3. The summed E-state index contributed by atoms with van der Waals surface area (Å²) in [5.41, 5.74) is 0. The number of aliphatic carboxylic acids is 1. The van der Waals surface area contributed by atoms with E-state index >= 15 is 0 Å². The molecule has 0 aromatic heterocycles. The zero-order valence-corrected chi connectivity index (χ0v) is 20.5. The van der Waals surface area contributed by atoms with Gasteiger partial charge in [-0.15, -0.1) is 0 Å². The van der Waals surface area contributed by atoms with E-state index in [9.17, 15) is 45.0 Å². The van der Waals surface area contributed by atoms with Gasteiger partial charge in [0.2, 0.25) is 17.6 Å². The van der Waals surface area contributed by atoms with Crippen molar-refractivity contribution in [1.82, 2.24) is 10.6 Å². The second kappa shape index (κ2) is 13.6. The molecule has 210 valence electrons. The van der Waals surface area contributed by atoms with E-state index < -0.39 is 85.5 Å². The maximum Gasteiger partial charge on any atom is 0.217 e. The molecule has 2 fully saturated rings. The van der Waals surface area contributed by atoms with Crippen LogP contribution in [0, 0.1) is 11.8 Å². The van der Waals surface area contributed by atoms with Crippen LogP contribution in [0.1, 0.15) is 34.1 Å². The van der Waals surface area contributed by atoms with Crippen LogP contribution >= 0.6 is 0 Å². The van der Waals surface area contributed by atoms with Gasteiger partial charge in [-0.25, -0.2) is 0 Å². The number of aliphatic hydroxyl groups is 7. The van der Waals surface area contributed by atoms with Crippen molar-refractivity contribution in [2.45, 2.75) is 88.8 Å². The summed E-state index contributed by atoms with van der Waals surface area (Å²) >= 11 is 0. The molecule has 15 nitrogen and oxygen atoms in total. The van der Waals surface area contributed by atoms with Gasteiger partial charge in [-0.05, 0) is 0 Å². The fourth-order valence-electron chi connectivity index (χ4n) is 4.05. The summed E-state index contributed by atoms with van der Waals surface area (Å²) in [6.07, 6.45) is -7.39. The van der Waals surface area contributed by atoms with Crippen molar-refractivity contribution >= 4 is 17.8 Å². The van der Waals surface area contributed by atoms with Crippen LogP contribution in [0.5, 0.6) is 0 Å². The minimum Gasteiger partial charge on any atom is -0.544 e. The minimum absolute atomic E-state index is 0.276. The standard InChI is InChI=1S/C12H21NO8.C9H17NO5/c1-5-7(16)3-12(20,11(18)19)21-10(5)9(8(17)4-14)13-6(2)15;1-4-6(3-11)15-9(14)7(8(4)13)10-5(2)12/h5,7-10,14,16-17,20H,3-4H2,1-2H3,(H,13,15)(H,18,19);4,6-9,11,13-14H,3H2,1-2H3,(H,10,12)/p-1/t5-,7?,8-,9-,10?,12+;4-,6?,7?,8+,9?/m11/s1. The molecule has 2 amide bonds. The molecule has 15 heteroatoms. The smallest absolute Gasteiger partial charge is 0.217 e. The molecule has 0 aromatic rings. The third-order valence-electron chi connectivity index (χ3n) is 6.25. The van der Waals surface area contributed by atoms with Crippen molar-refractivity contribution < 1.29 is 64.7 Å². The van der Waals surface area contributed by atoms with E-state index in [2.05, 4.69) is 10.6 Å². The second-order valence-corrected chi connectivity index (χ2v) is 9.08. The molecule has 0 spiro atoms. The van der Waals surface area contributed by atoms with Crippen molar-refractivity contribution in [2.75, 3.05) is 13.2 Å². The van der Waals surface area contributed by atoms with E-state index in [-0.39, 0.29) is 18.4 Å². The fraction of sp³-hybridized carbons (Fsp3) is 0.857. The number of carbonyl (C=O) groups excluding carboxylic acids is 3.